The molecule has 3 amide bonds. The van der Waals surface area contributed by atoms with E-state index in [-0.39, 0.29) is 24.0 Å². The highest BCUT2D eigenvalue weighted by atomic mass is 16.5. The van der Waals surface area contributed by atoms with Crippen molar-refractivity contribution in [1.82, 2.24) is 15.1 Å². The van der Waals surface area contributed by atoms with Gasteiger partial charge in [0.2, 0.25) is 5.91 Å². The van der Waals surface area contributed by atoms with Gasteiger partial charge in [-0.05, 0) is 44.9 Å². The first-order valence-electron chi connectivity index (χ1n) is 9.05. The summed E-state index contributed by atoms with van der Waals surface area (Å²) >= 11 is 0. The Labute approximate surface area is 138 Å². The zero-order valence-corrected chi connectivity index (χ0v) is 14.1. The molecule has 23 heavy (non-hydrogen) atoms. The van der Waals surface area contributed by atoms with Gasteiger partial charge in [0.05, 0.1) is 12.6 Å². The van der Waals surface area contributed by atoms with Crippen molar-refractivity contribution in [2.24, 2.45) is 5.92 Å². The molecule has 1 aliphatic carbocycles. The molecular weight excluding hydrogens is 294 g/mol. The maximum atomic E-state index is 12.6. The number of nitrogens with one attached hydrogen (secondary N) is 1. The highest BCUT2D eigenvalue weighted by Gasteiger charge is 2.34. The molecule has 6 nitrogen and oxygen atoms in total. The molecule has 1 saturated carbocycles. The van der Waals surface area contributed by atoms with E-state index in [0.717, 1.165) is 58.2 Å². The highest BCUT2D eigenvalue weighted by molar-refractivity contribution is 5.80. The average Bonchev–Trinajstić information content (AvgIpc) is 3.26. The minimum Gasteiger partial charge on any atom is -0.379 e. The van der Waals surface area contributed by atoms with Gasteiger partial charge in [-0.2, -0.15) is 0 Å². The average molecular weight is 323 g/mol. The molecule has 0 aromatic heterocycles. The van der Waals surface area contributed by atoms with Crippen LogP contribution in [-0.4, -0.2) is 67.2 Å². The van der Waals surface area contributed by atoms with Crippen LogP contribution in [0.4, 0.5) is 4.79 Å². The topological polar surface area (TPSA) is 61.9 Å². The zero-order valence-electron chi connectivity index (χ0n) is 14.1. The van der Waals surface area contributed by atoms with Crippen molar-refractivity contribution >= 4 is 11.9 Å². The molecule has 3 rings (SSSR count). The summed E-state index contributed by atoms with van der Waals surface area (Å²) in [7, 11) is 1.83. The number of nitrogens with zero attached hydrogens (tertiary/aromatic N) is 2. The van der Waals surface area contributed by atoms with Crippen molar-refractivity contribution in [1.29, 1.82) is 0 Å². The van der Waals surface area contributed by atoms with Crippen LogP contribution in [0.15, 0.2) is 0 Å². The second kappa shape index (κ2) is 7.51. The van der Waals surface area contributed by atoms with E-state index in [2.05, 4.69) is 5.32 Å². The van der Waals surface area contributed by atoms with E-state index in [9.17, 15) is 9.59 Å². The van der Waals surface area contributed by atoms with Crippen molar-refractivity contribution in [2.75, 3.05) is 33.4 Å². The second-order valence-electron chi connectivity index (χ2n) is 7.17. The third-order valence-electron chi connectivity index (χ3n) is 5.55. The molecule has 0 aromatic rings. The van der Waals surface area contributed by atoms with E-state index >= 15 is 0 Å². The molecule has 3 atom stereocenters. The Morgan fingerprint density at radius 3 is 2.61 bits per heavy atom. The van der Waals surface area contributed by atoms with Crippen LogP contribution in [0.2, 0.25) is 0 Å². The van der Waals surface area contributed by atoms with Crippen LogP contribution in [0, 0.1) is 5.92 Å². The van der Waals surface area contributed by atoms with Gasteiger partial charge in [0.1, 0.15) is 0 Å². The summed E-state index contributed by atoms with van der Waals surface area (Å²) in [6, 6.07) is 0.282. The first-order chi connectivity index (χ1) is 11.1. The minimum atomic E-state index is -0.0310. The summed E-state index contributed by atoms with van der Waals surface area (Å²) in [5.41, 5.74) is 0. The van der Waals surface area contributed by atoms with Crippen molar-refractivity contribution in [2.45, 2.75) is 57.0 Å². The second-order valence-corrected chi connectivity index (χ2v) is 7.17. The van der Waals surface area contributed by atoms with E-state index in [1.807, 2.05) is 11.9 Å². The number of rotatable bonds is 3. The van der Waals surface area contributed by atoms with Gasteiger partial charge in [-0.3, -0.25) is 4.79 Å². The lowest BCUT2D eigenvalue weighted by Crippen LogP contribution is -2.47. The molecular formula is C17H29N3O3. The summed E-state index contributed by atoms with van der Waals surface area (Å²) in [5.74, 6) is 0.400. The summed E-state index contributed by atoms with van der Waals surface area (Å²) < 4.78 is 5.34. The molecule has 0 radical (unpaired) electrons. The van der Waals surface area contributed by atoms with Crippen LogP contribution in [-0.2, 0) is 9.53 Å². The standard InChI is InChI=1S/C17H29N3O3/c1-19(15-7-10-23-12-15)17(22)18-14-6-5-13(11-14)16(21)20-8-3-2-4-9-20/h13-15H,2-12H2,1H3,(H,18,22)/t13-,14+,15-/m1/s1. The third-order valence-corrected chi connectivity index (χ3v) is 5.55. The summed E-state index contributed by atoms with van der Waals surface area (Å²) in [6.45, 7) is 3.19. The number of carbonyl (C=O) groups is 2. The molecule has 3 aliphatic rings. The fourth-order valence-corrected chi connectivity index (χ4v) is 3.98. The van der Waals surface area contributed by atoms with Gasteiger partial charge in [-0.1, -0.05) is 0 Å². The predicted octanol–water partition coefficient (Wildman–Crippen LogP) is 1.60. The first kappa shape index (κ1) is 16.6. The number of carbonyl (C=O) groups excluding carboxylic acids is 2. The molecule has 3 fully saturated rings. The van der Waals surface area contributed by atoms with Gasteiger partial charge in [-0.25, -0.2) is 4.79 Å². The van der Waals surface area contributed by atoms with Gasteiger partial charge >= 0.3 is 6.03 Å². The lowest BCUT2D eigenvalue weighted by Gasteiger charge is -2.29. The molecule has 2 saturated heterocycles. The largest absolute Gasteiger partial charge is 0.379 e. The number of likely N-dealkylation sites (N-methyl/N-ethyl adjacent to an activating group) is 1. The number of hydrogen-bond donors (Lipinski definition) is 1. The molecule has 0 bridgehead atoms. The highest BCUT2D eigenvalue weighted by Crippen LogP contribution is 2.28. The summed E-state index contributed by atoms with van der Waals surface area (Å²) in [4.78, 5) is 28.7. The first-order valence-corrected chi connectivity index (χ1v) is 9.05. The number of amides is 3. The van der Waals surface area contributed by atoms with Crippen LogP contribution in [0.3, 0.4) is 0 Å². The minimum absolute atomic E-state index is 0.0310. The number of urea groups is 1. The van der Waals surface area contributed by atoms with E-state index in [4.69, 9.17) is 4.74 Å². The molecule has 6 heteroatoms. The Bertz CT molecular complexity index is 431. The van der Waals surface area contributed by atoms with Crippen LogP contribution in [0.5, 0.6) is 0 Å². The maximum absolute atomic E-state index is 12.6. The Balaban J connectivity index is 1.45. The summed E-state index contributed by atoms with van der Waals surface area (Å²) in [5, 5.41) is 3.10. The lowest BCUT2D eigenvalue weighted by molar-refractivity contribution is -0.136. The smallest absolute Gasteiger partial charge is 0.317 e. The van der Waals surface area contributed by atoms with Crippen LogP contribution in [0.25, 0.3) is 0 Å². The molecule has 0 aromatic carbocycles. The van der Waals surface area contributed by atoms with Crippen molar-refractivity contribution in [3.05, 3.63) is 0 Å². The Morgan fingerprint density at radius 2 is 1.91 bits per heavy atom. The normalized spacial score (nSPS) is 31.2. The monoisotopic (exact) mass is 323 g/mol. The van der Waals surface area contributed by atoms with E-state index in [1.54, 1.807) is 4.90 Å². The Hall–Kier alpha value is -1.30. The van der Waals surface area contributed by atoms with Crippen molar-refractivity contribution in [3.63, 3.8) is 0 Å². The molecule has 0 unspecified atom stereocenters. The fourth-order valence-electron chi connectivity index (χ4n) is 3.98. The van der Waals surface area contributed by atoms with Crippen molar-refractivity contribution < 1.29 is 14.3 Å². The molecule has 2 heterocycles. The maximum Gasteiger partial charge on any atom is 0.317 e. The lowest BCUT2D eigenvalue weighted by atomic mass is 10.0. The Kier molecular flexibility index (Phi) is 5.41. The molecule has 1 N–H and O–H groups in total. The zero-order chi connectivity index (χ0) is 16.2. The fraction of sp³-hybridized carbons (Fsp3) is 0.882. The van der Waals surface area contributed by atoms with Gasteiger partial charge in [-0.15, -0.1) is 0 Å². The van der Waals surface area contributed by atoms with Crippen LogP contribution >= 0.6 is 0 Å². The molecule has 0 spiro atoms. The summed E-state index contributed by atoms with van der Waals surface area (Å²) in [6.07, 6.45) is 7.01. The van der Waals surface area contributed by atoms with E-state index in [1.165, 1.54) is 6.42 Å². The Morgan fingerprint density at radius 1 is 1.13 bits per heavy atom. The predicted molar refractivity (Wildman–Crippen MR) is 87.1 cm³/mol. The number of likely N-dealkylation sites (tertiary alicyclic amines) is 1. The van der Waals surface area contributed by atoms with E-state index in [0.29, 0.717) is 12.5 Å². The molecule has 130 valence electrons. The van der Waals surface area contributed by atoms with Gasteiger partial charge in [0.15, 0.2) is 0 Å². The van der Waals surface area contributed by atoms with Crippen molar-refractivity contribution in [3.8, 4) is 0 Å². The van der Waals surface area contributed by atoms with E-state index < -0.39 is 0 Å². The number of hydrogen-bond acceptors (Lipinski definition) is 3. The number of piperidine rings is 1. The molecule has 2 aliphatic heterocycles. The number of ether oxygens (including phenoxy) is 1. The van der Waals surface area contributed by atoms with Crippen LogP contribution in [0.1, 0.15) is 44.9 Å². The van der Waals surface area contributed by atoms with Gasteiger partial charge in [0.25, 0.3) is 0 Å². The quantitative estimate of drug-likeness (QED) is 0.858. The van der Waals surface area contributed by atoms with Gasteiger partial charge < -0.3 is 19.9 Å². The van der Waals surface area contributed by atoms with Crippen LogP contribution < -0.4 is 5.32 Å². The van der Waals surface area contributed by atoms with Gasteiger partial charge in [0, 0.05) is 38.7 Å². The SMILES string of the molecule is CN(C(=O)N[C@H]1CC[C@@H](C(=O)N2CCCCC2)C1)[C@@H]1CCOC1. The third kappa shape index (κ3) is 3.97.